The second kappa shape index (κ2) is 12.2. The number of methoxy groups -OCH3 is 1. The fraction of sp³-hybridized carbons (Fsp3) is 0.640. The molecular formula is C25H35ClN3O4. The number of aromatic nitrogens is 2. The molecule has 1 atom stereocenters. The van der Waals surface area contributed by atoms with Crippen molar-refractivity contribution in [1.82, 2.24) is 15.0 Å². The number of rotatable bonds is 10. The van der Waals surface area contributed by atoms with Crippen molar-refractivity contribution in [2.75, 3.05) is 27.3 Å². The quantitative estimate of drug-likeness (QED) is 0.451. The van der Waals surface area contributed by atoms with Gasteiger partial charge < -0.3 is 23.6 Å². The number of ether oxygens (including phenoxy) is 3. The van der Waals surface area contributed by atoms with Crippen molar-refractivity contribution in [2.45, 2.75) is 76.7 Å². The highest BCUT2D eigenvalue weighted by atomic mass is 35.5. The third-order valence-corrected chi connectivity index (χ3v) is 6.89. The first-order valence-corrected chi connectivity index (χ1v) is 12.5. The van der Waals surface area contributed by atoms with Crippen LogP contribution in [0.2, 0.25) is 5.02 Å². The van der Waals surface area contributed by atoms with E-state index in [0.717, 1.165) is 50.8 Å². The molecule has 1 saturated carbocycles. The molecular weight excluding hydrogens is 442 g/mol. The lowest BCUT2D eigenvalue weighted by Gasteiger charge is -2.30. The molecule has 1 aromatic heterocycles. The van der Waals surface area contributed by atoms with Gasteiger partial charge in [-0.25, -0.2) is 0 Å². The van der Waals surface area contributed by atoms with E-state index in [0.29, 0.717) is 40.7 Å². The average Bonchev–Trinajstić information content (AvgIpc) is 3.32. The molecule has 2 aliphatic rings. The Morgan fingerprint density at radius 1 is 1.18 bits per heavy atom. The van der Waals surface area contributed by atoms with Crippen LogP contribution in [0.1, 0.15) is 62.8 Å². The van der Waals surface area contributed by atoms with Gasteiger partial charge in [-0.05, 0) is 83.5 Å². The molecule has 1 unspecified atom stereocenters. The molecule has 0 amide bonds. The van der Waals surface area contributed by atoms with Gasteiger partial charge in [-0.15, -0.1) is 0 Å². The molecule has 1 aromatic carbocycles. The Hall–Kier alpha value is -1.67. The monoisotopic (exact) mass is 476 g/mol. The van der Waals surface area contributed by atoms with Gasteiger partial charge in [0.25, 0.3) is 0 Å². The van der Waals surface area contributed by atoms with Crippen LogP contribution in [0.3, 0.4) is 0 Å². The molecule has 7 nitrogen and oxygen atoms in total. The van der Waals surface area contributed by atoms with E-state index in [4.69, 9.17) is 30.3 Å². The van der Waals surface area contributed by atoms with E-state index in [1.54, 1.807) is 7.11 Å². The van der Waals surface area contributed by atoms with Crippen molar-refractivity contribution in [3.8, 4) is 17.1 Å². The molecule has 1 aliphatic carbocycles. The van der Waals surface area contributed by atoms with Crippen molar-refractivity contribution in [1.29, 1.82) is 0 Å². The maximum atomic E-state index is 6.58. The van der Waals surface area contributed by atoms with Crippen LogP contribution < -0.4 is 4.74 Å². The normalized spacial score (nSPS) is 19.8. The first-order valence-electron chi connectivity index (χ1n) is 12.1. The number of halogens is 1. The molecule has 0 bridgehead atoms. The molecule has 1 radical (unpaired) electrons. The maximum absolute atomic E-state index is 6.58. The Morgan fingerprint density at radius 2 is 2.03 bits per heavy atom. The van der Waals surface area contributed by atoms with Crippen molar-refractivity contribution >= 4 is 11.6 Å². The summed E-state index contributed by atoms with van der Waals surface area (Å²) in [5, 5.41) is 4.71. The van der Waals surface area contributed by atoms with Crippen molar-refractivity contribution < 1.29 is 18.7 Å². The van der Waals surface area contributed by atoms with Gasteiger partial charge in [-0.2, -0.15) is 4.98 Å². The number of aryl methyl sites for hydroxylation is 1. The number of nitrogens with zero attached hydrogens (tertiary/aromatic N) is 3. The highest BCUT2D eigenvalue weighted by molar-refractivity contribution is 6.33. The van der Waals surface area contributed by atoms with Crippen LogP contribution in [0, 0.1) is 6.42 Å². The highest BCUT2D eigenvalue weighted by Gasteiger charge is 2.20. The Morgan fingerprint density at radius 3 is 2.79 bits per heavy atom. The van der Waals surface area contributed by atoms with Crippen molar-refractivity contribution in [3.05, 3.63) is 35.0 Å². The molecule has 4 rings (SSSR count). The zero-order valence-electron chi connectivity index (χ0n) is 19.7. The molecule has 8 heteroatoms. The van der Waals surface area contributed by atoms with E-state index in [-0.39, 0.29) is 6.29 Å². The van der Waals surface area contributed by atoms with Gasteiger partial charge in [-0.1, -0.05) is 16.8 Å². The molecule has 33 heavy (non-hydrogen) atoms. The minimum absolute atomic E-state index is 0.169. The molecule has 1 aliphatic heterocycles. The van der Waals surface area contributed by atoms with Gasteiger partial charge >= 0.3 is 0 Å². The maximum Gasteiger partial charge on any atom is 0.227 e. The summed E-state index contributed by atoms with van der Waals surface area (Å²) in [4.78, 5) is 7.05. The lowest BCUT2D eigenvalue weighted by Crippen LogP contribution is -2.34. The Labute approximate surface area is 201 Å². The summed E-state index contributed by atoms with van der Waals surface area (Å²) >= 11 is 6.58. The van der Waals surface area contributed by atoms with Gasteiger partial charge in [0.1, 0.15) is 5.75 Å². The van der Waals surface area contributed by atoms with E-state index in [2.05, 4.69) is 28.5 Å². The van der Waals surface area contributed by atoms with Crippen LogP contribution in [-0.2, 0) is 22.5 Å². The smallest absolute Gasteiger partial charge is 0.227 e. The van der Waals surface area contributed by atoms with Gasteiger partial charge in [0.2, 0.25) is 11.7 Å². The third kappa shape index (κ3) is 6.69. The van der Waals surface area contributed by atoms with Crippen LogP contribution in [0.25, 0.3) is 11.4 Å². The predicted molar refractivity (Wildman–Crippen MR) is 127 cm³/mol. The van der Waals surface area contributed by atoms with E-state index in [9.17, 15) is 0 Å². The van der Waals surface area contributed by atoms with Crippen molar-refractivity contribution in [3.63, 3.8) is 0 Å². The standard InChI is InChI=1S/C25H35ClN3O4/c1-29(19-9-4-3-5-10-19)13-8-11-23-27-25(28-33-23)20-16-22(30-2)18(15-21(20)26)17-32-24-12-6-7-14-31-24/h3,15-16,19,24H,4-14,17H2,1-2H3. The topological polar surface area (TPSA) is 69.9 Å². The van der Waals surface area contributed by atoms with E-state index in [1.807, 2.05) is 12.1 Å². The van der Waals surface area contributed by atoms with Crippen LogP contribution in [-0.4, -0.2) is 54.7 Å². The van der Waals surface area contributed by atoms with Gasteiger partial charge in [-0.3, -0.25) is 0 Å². The second-order valence-corrected chi connectivity index (χ2v) is 9.35. The fourth-order valence-electron chi connectivity index (χ4n) is 4.57. The SMILES string of the molecule is COc1cc(-c2noc(CCCN(C)C3CC[CH]CC3)n2)c(Cl)cc1COC1CCCCO1. The van der Waals surface area contributed by atoms with Crippen molar-refractivity contribution in [2.24, 2.45) is 0 Å². The summed E-state index contributed by atoms with van der Waals surface area (Å²) in [5.74, 6) is 1.79. The zero-order chi connectivity index (χ0) is 23.0. The summed E-state index contributed by atoms with van der Waals surface area (Å²) in [6.45, 7) is 2.14. The summed E-state index contributed by atoms with van der Waals surface area (Å²) in [6, 6.07) is 4.39. The van der Waals surface area contributed by atoms with Crippen LogP contribution in [0.5, 0.6) is 5.75 Å². The second-order valence-electron chi connectivity index (χ2n) is 8.94. The molecule has 2 aromatic rings. The zero-order valence-corrected chi connectivity index (χ0v) is 20.5. The average molecular weight is 477 g/mol. The number of hydrogen-bond donors (Lipinski definition) is 0. The minimum atomic E-state index is -0.169. The highest BCUT2D eigenvalue weighted by Crippen LogP contribution is 2.34. The molecule has 0 spiro atoms. The van der Waals surface area contributed by atoms with E-state index in [1.165, 1.54) is 25.7 Å². The lowest BCUT2D eigenvalue weighted by atomic mass is 9.94. The first-order chi connectivity index (χ1) is 16.1. The van der Waals surface area contributed by atoms with E-state index >= 15 is 0 Å². The van der Waals surface area contributed by atoms with Gasteiger partial charge in [0.15, 0.2) is 6.29 Å². The molecule has 1 saturated heterocycles. The van der Waals surface area contributed by atoms with Crippen LogP contribution >= 0.6 is 11.6 Å². The largest absolute Gasteiger partial charge is 0.496 e. The summed E-state index contributed by atoms with van der Waals surface area (Å²) < 4.78 is 22.6. The van der Waals surface area contributed by atoms with Gasteiger partial charge in [0, 0.05) is 30.2 Å². The first kappa shape index (κ1) is 24.5. The molecule has 2 heterocycles. The van der Waals surface area contributed by atoms with Gasteiger partial charge in [0.05, 0.1) is 18.7 Å². The number of hydrogen-bond acceptors (Lipinski definition) is 7. The number of benzene rings is 1. The van der Waals surface area contributed by atoms with Crippen LogP contribution in [0.4, 0.5) is 0 Å². The minimum Gasteiger partial charge on any atom is -0.496 e. The fourth-order valence-corrected chi connectivity index (χ4v) is 4.84. The molecule has 0 N–H and O–H groups in total. The molecule has 2 fully saturated rings. The predicted octanol–water partition coefficient (Wildman–Crippen LogP) is 5.45. The summed E-state index contributed by atoms with van der Waals surface area (Å²) in [6.07, 6.45) is 12.1. The van der Waals surface area contributed by atoms with Crippen LogP contribution in [0.15, 0.2) is 16.7 Å². The van der Waals surface area contributed by atoms with E-state index < -0.39 is 0 Å². The lowest BCUT2D eigenvalue weighted by molar-refractivity contribution is -0.169. The Kier molecular flexibility index (Phi) is 9.01. The Balaban J connectivity index is 1.34. The molecule has 181 valence electrons. The Bertz CT molecular complexity index is 879. The summed E-state index contributed by atoms with van der Waals surface area (Å²) in [5.41, 5.74) is 1.56. The third-order valence-electron chi connectivity index (χ3n) is 6.57. The summed E-state index contributed by atoms with van der Waals surface area (Å²) in [7, 11) is 3.85.